The highest BCUT2D eigenvalue weighted by atomic mass is 35.9. The number of hydrogen-bond donors (Lipinski definition) is 1. The maximum absolute atomic E-state index is 12.0. The van der Waals surface area contributed by atoms with E-state index in [9.17, 15) is 9.67 Å². The molecule has 0 spiro atoms. The van der Waals surface area contributed by atoms with E-state index >= 15 is 0 Å². The van der Waals surface area contributed by atoms with Crippen molar-refractivity contribution in [1.82, 2.24) is 0 Å². The SMILES string of the molecule is C=C(C)[C@@H]1CCC(C)=C[C@H]1c1c(O)cc(CCCCC)cc1OP(=O)(Cl)Cl. The molecule has 0 bridgehead atoms. The molecule has 0 heterocycles. The van der Waals surface area contributed by atoms with Crippen LogP contribution in [-0.4, -0.2) is 5.11 Å². The van der Waals surface area contributed by atoms with E-state index in [1.54, 1.807) is 6.07 Å². The van der Waals surface area contributed by atoms with Gasteiger partial charge < -0.3 is 9.63 Å². The van der Waals surface area contributed by atoms with E-state index in [-0.39, 0.29) is 17.6 Å². The number of unbranched alkanes of at least 4 members (excludes halogenated alkanes) is 2. The summed E-state index contributed by atoms with van der Waals surface area (Å²) in [6, 6.07) is 3.59. The van der Waals surface area contributed by atoms with Gasteiger partial charge in [0, 0.05) is 34.0 Å². The quantitative estimate of drug-likeness (QED) is 0.257. The second-order valence-electron chi connectivity index (χ2n) is 7.52. The molecule has 0 amide bonds. The van der Waals surface area contributed by atoms with Crippen LogP contribution in [0.4, 0.5) is 0 Å². The van der Waals surface area contributed by atoms with Crippen molar-refractivity contribution in [2.75, 3.05) is 0 Å². The summed E-state index contributed by atoms with van der Waals surface area (Å²) in [4.78, 5) is 0. The number of aryl methyl sites for hydroxylation is 1. The Morgan fingerprint density at radius 1 is 1.37 bits per heavy atom. The number of phenolic OH excluding ortho intramolecular Hbond substituents is 1. The standard InChI is InChI=1S/C21H29Cl2O3P/c1-5-6-7-8-16-12-19(24)21(20(13-16)26-27(22,23)25)18-11-15(4)9-10-17(18)14(2)3/h11-13,17-18,24H,2,5-10H2,1,3-4H3/t17-,18+/m0/s1. The van der Waals surface area contributed by atoms with Gasteiger partial charge >= 0.3 is 6.07 Å². The first-order valence-corrected chi connectivity index (χ1v) is 12.9. The maximum atomic E-state index is 12.0. The Morgan fingerprint density at radius 3 is 2.67 bits per heavy atom. The molecular formula is C21H29Cl2O3P. The number of phenols is 1. The molecule has 0 fully saturated rings. The highest BCUT2D eigenvalue weighted by Gasteiger charge is 2.32. The summed E-state index contributed by atoms with van der Waals surface area (Å²) in [5.74, 6) is 0.480. The second kappa shape index (κ2) is 9.54. The molecule has 1 aromatic rings. The molecule has 1 aliphatic rings. The normalized spacial score (nSPS) is 20.3. The fourth-order valence-electron chi connectivity index (χ4n) is 3.82. The maximum Gasteiger partial charge on any atom is 0.428 e. The number of allylic oxidation sites excluding steroid dienone is 3. The summed E-state index contributed by atoms with van der Waals surface area (Å²) in [6.45, 7) is 10.3. The largest absolute Gasteiger partial charge is 0.507 e. The van der Waals surface area contributed by atoms with E-state index < -0.39 is 6.07 Å². The topological polar surface area (TPSA) is 46.5 Å². The molecule has 6 heteroatoms. The molecular weight excluding hydrogens is 402 g/mol. The summed E-state index contributed by atoms with van der Waals surface area (Å²) < 4.78 is 17.4. The van der Waals surface area contributed by atoms with Crippen LogP contribution in [0.25, 0.3) is 0 Å². The van der Waals surface area contributed by atoms with Crippen molar-refractivity contribution in [3.8, 4) is 11.5 Å². The van der Waals surface area contributed by atoms with Crippen LogP contribution in [0.15, 0.2) is 35.9 Å². The lowest BCUT2D eigenvalue weighted by atomic mass is 9.73. The Morgan fingerprint density at radius 2 is 2.07 bits per heavy atom. The molecule has 0 radical (unpaired) electrons. The molecule has 0 saturated carbocycles. The van der Waals surface area contributed by atoms with E-state index in [1.807, 2.05) is 13.0 Å². The van der Waals surface area contributed by atoms with E-state index in [0.29, 0.717) is 11.3 Å². The Kier molecular flexibility index (Phi) is 7.92. The molecule has 0 aliphatic heterocycles. The zero-order chi connectivity index (χ0) is 20.2. The fraction of sp³-hybridized carbons (Fsp3) is 0.524. The number of hydrogen-bond acceptors (Lipinski definition) is 3. The summed E-state index contributed by atoms with van der Waals surface area (Å²) >= 11 is 11.4. The minimum absolute atomic E-state index is 0.115. The van der Waals surface area contributed by atoms with Crippen molar-refractivity contribution in [2.45, 2.75) is 65.2 Å². The van der Waals surface area contributed by atoms with Gasteiger partial charge in [-0.2, -0.15) is 0 Å². The van der Waals surface area contributed by atoms with Gasteiger partial charge in [-0.3, -0.25) is 0 Å². The minimum Gasteiger partial charge on any atom is -0.507 e. The average Bonchev–Trinajstić information content (AvgIpc) is 2.53. The van der Waals surface area contributed by atoms with Crippen LogP contribution in [0, 0.1) is 5.92 Å². The molecule has 2 rings (SSSR count). The van der Waals surface area contributed by atoms with Gasteiger partial charge in [0.25, 0.3) is 0 Å². The van der Waals surface area contributed by atoms with Crippen LogP contribution < -0.4 is 4.52 Å². The lowest BCUT2D eigenvalue weighted by Crippen LogP contribution is -2.17. The van der Waals surface area contributed by atoms with Gasteiger partial charge in [0.15, 0.2) is 0 Å². The van der Waals surface area contributed by atoms with E-state index in [1.165, 1.54) is 5.57 Å². The van der Waals surface area contributed by atoms with Crippen molar-refractivity contribution >= 4 is 28.6 Å². The zero-order valence-corrected chi connectivity index (χ0v) is 18.7. The monoisotopic (exact) mass is 430 g/mol. The number of halogens is 2. The van der Waals surface area contributed by atoms with Crippen LogP contribution in [0.1, 0.15) is 69.9 Å². The Hall–Kier alpha value is -0.890. The molecule has 2 atom stereocenters. The Bertz CT molecular complexity index is 767. The third-order valence-corrected chi connectivity index (χ3v) is 5.99. The van der Waals surface area contributed by atoms with Crippen molar-refractivity contribution in [1.29, 1.82) is 0 Å². The van der Waals surface area contributed by atoms with Crippen molar-refractivity contribution < 1.29 is 14.2 Å². The van der Waals surface area contributed by atoms with E-state index in [4.69, 9.17) is 27.0 Å². The smallest absolute Gasteiger partial charge is 0.428 e. The predicted octanol–water partition coefficient (Wildman–Crippen LogP) is 8.11. The minimum atomic E-state index is -3.81. The van der Waals surface area contributed by atoms with Gasteiger partial charge in [-0.25, -0.2) is 4.57 Å². The molecule has 1 aromatic carbocycles. The first-order valence-electron chi connectivity index (χ1n) is 9.49. The lowest BCUT2D eigenvalue weighted by molar-refractivity contribution is 0.424. The lowest BCUT2D eigenvalue weighted by Gasteiger charge is -2.32. The molecule has 0 saturated heterocycles. The number of aromatic hydroxyl groups is 1. The summed E-state index contributed by atoms with van der Waals surface area (Å²) in [7, 11) is 0. The van der Waals surface area contributed by atoms with Crippen LogP contribution in [0.2, 0.25) is 0 Å². The Balaban J connectivity index is 2.53. The average molecular weight is 431 g/mol. The molecule has 150 valence electrons. The van der Waals surface area contributed by atoms with E-state index in [2.05, 4.69) is 26.5 Å². The molecule has 1 aliphatic carbocycles. The third-order valence-electron chi connectivity index (χ3n) is 5.17. The first kappa shape index (κ1) is 22.4. The van der Waals surface area contributed by atoms with Gasteiger partial charge in [0.1, 0.15) is 11.5 Å². The van der Waals surface area contributed by atoms with Gasteiger partial charge in [-0.05, 0) is 63.1 Å². The highest BCUT2D eigenvalue weighted by molar-refractivity contribution is 8.05. The van der Waals surface area contributed by atoms with Gasteiger partial charge in [0.2, 0.25) is 0 Å². The van der Waals surface area contributed by atoms with Crippen LogP contribution in [0.3, 0.4) is 0 Å². The summed E-state index contributed by atoms with van der Waals surface area (Å²) in [5, 5.41) is 10.8. The summed E-state index contributed by atoms with van der Waals surface area (Å²) in [5.41, 5.74) is 3.79. The predicted molar refractivity (Wildman–Crippen MR) is 115 cm³/mol. The fourth-order valence-corrected chi connectivity index (χ4v) is 4.65. The summed E-state index contributed by atoms with van der Waals surface area (Å²) in [6.07, 6.45) is 4.28. The van der Waals surface area contributed by atoms with Crippen molar-refractivity contribution in [3.63, 3.8) is 0 Å². The van der Waals surface area contributed by atoms with Gasteiger partial charge in [-0.1, -0.05) is 43.6 Å². The van der Waals surface area contributed by atoms with Crippen LogP contribution in [0.5, 0.6) is 11.5 Å². The van der Waals surface area contributed by atoms with Crippen molar-refractivity contribution in [3.05, 3.63) is 47.1 Å². The van der Waals surface area contributed by atoms with Crippen LogP contribution in [-0.2, 0) is 11.0 Å². The molecule has 27 heavy (non-hydrogen) atoms. The second-order valence-corrected chi connectivity index (χ2v) is 11.7. The first-order chi connectivity index (χ1) is 12.6. The Labute approximate surface area is 172 Å². The molecule has 3 nitrogen and oxygen atoms in total. The molecule has 0 aromatic heterocycles. The third kappa shape index (κ3) is 6.31. The van der Waals surface area contributed by atoms with Crippen LogP contribution >= 0.6 is 28.6 Å². The molecule has 0 unspecified atom stereocenters. The highest BCUT2D eigenvalue weighted by Crippen LogP contribution is 2.59. The number of rotatable bonds is 8. The number of benzene rings is 1. The molecule has 1 N–H and O–H groups in total. The van der Waals surface area contributed by atoms with Gasteiger partial charge in [0.05, 0.1) is 0 Å². The van der Waals surface area contributed by atoms with E-state index in [0.717, 1.165) is 49.7 Å². The van der Waals surface area contributed by atoms with Gasteiger partial charge in [-0.15, -0.1) is 0 Å². The van der Waals surface area contributed by atoms with Crippen molar-refractivity contribution in [2.24, 2.45) is 5.92 Å². The zero-order valence-electron chi connectivity index (χ0n) is 16.3.